The van der Waals surface area contributed by atoms with Gasteiger partial charge in [-0.15, -0.1) is 11.8 Å². The largest absolute Gasteiger partial charge is 0.398 e. The Morgan fingerprint density at radius 1 is 1.50 bits per heavy atom. The fraction of sp³-hybridized carbons (Fsp3) is 0.333. The van der Waals surface area contributed by atoms with Crippen LogP contribution < -0.4 is 5.73 Å². The predicted octanol–water partition coefficient (Wildman–Crippen LogP) is 2.27. The van der Waals surface area contributed by atoms with Gasteiger partial charge < -0.3 is 5.73 Å². The van der Waals surface area contributed by atoms with Crippen LogP contribution in [-0.4, -0.2) is 29.0 Å². The third-order valence-corrected chi connectivity index (χ3v) is 4.25. The topological polar surface area (TPSA) is 63.4 Å². The first-order valence-electron chi connectivity index (χ1n) is 5.59. The van der Waals surface area contributed by atoms with Gasteiger partial charge in [0, 0.05) is 28.0 Å². The van der Waals surface area contributed by atoms with Crippen LogP contribution in [0.5, 0.6) is 0 Å². The number of nitrogens with zero attached hydrogens (tertiary/aromatic N) is 1. The molecule has 0 radical (unpaired) electrons. The summed E-state index contributed by atoms with van der Waals surface area (Å²) in [5, 5.41) is 0. The summed E-state index contributed by atoms with van der Waals surface area (Å²) < 4.78 is 0.920. The number of thioether (sulfide) groups is 1. The highest BCUT2D eigenvalue weighted by atomic mass is 79.9. The van der Waals surface area contributed by atoms with Crippen LogP contribution >= 0.6 is 27.7 Å². The van der Waals surface area contributed by atoms with Gasteiger partial charge in [-0.1, -0.05) is 15.9 Å². The number of anilines is 1. The number of benzene rings is 1. The number of hydrogen-bond acceptors (Lipinski definition) is 4. The molecule has 4 nitrogen and oxygen atoms in total. The minimum Gasteiger partial charge on any atom is -0.398 e. The van der Waals surface area contributed by atoms with Gasteiger partial charge in [0.1, 0.15) is 0 Å². The van der Waals surface area contributed by atoms with E-state index in [-0.39, 0.29) is 17.6 Å². The summed E-state index contributed by atoms with van der Waals surface area (Å²) >= 11 is 4.72. The van der Waals surface area contributed by atoms with Crippen molar-refractivity contribution in [2.75, 3.05) is 18.0 Å². The molecule has 1 aromatic rings. The molecule has 0 bridgehead atoms. The maximum atomic E-state index is 11.9. The first-order valence-corrected chi connectivity index (χ1v) is 7.37. The van der Waals surface area contributed by atoms with Gasteiger partial charge in [-0.25, -0.2) is 0 Å². The van der Waals surface area contributed by atoms with Crippen molar-refractivity contribution in [2.45, 2.75) is 17.7 Å². The molecule has 2 amide bonds. The lowest BCUT2D eigenvalue weighted by Crippen LogP contribution is -2.33. The van der Waals surface area contributed by atoms with E-state index in [1.807, 2.05) is 12.1 Å². The second-order valence-electron chi connectivity index (χ2n) is 4.01. The Labute approximate surface area is 118 Å². The lowest BCUT2D eigenvalue weighted by Gasteiger charge is -2.13. The van der Waals surface area contributed by atoms with Crippen LogP contribution in [-0.2, 0) is 9.59 Å². The summed E-state index contributed by atoms with van der Waals surface area (Å²) in [7, 11) is 0. The molecule has 1 fully saturated rings. The van der Waals surface area contributed by atoms with E-state index in [9.17, 15) is 9.59 Å². The minimum atomic E-state index is -0.137. The van der Waals surface area contributed by atoms with Crippen LogP contribution in [0.15, 0.2) is 27.6 Å². The van der Waals surface area contributed by atoms with Crippen LogP contribution in [0.4, 0.5) is 5.69 Å². The molecule has 0 aromatic heterocycles. The van der Waals surface area contributed by atoms with Crippen LogP contribution in [0.1, 0.15) is 12.8 Å². The van der Waals surface area contributed by atoms with Crippen molar-refractivity contribution in [3.05, 3.63) is 22.7 Å². The van der Waals surface area contributed by atoms with E-state index in [4.69, 9.17) is 5.73 Å². The van der Waals surface area contributed by atoms with Crippen molar-refractivity contribution >= 4 is 45.2 Å². The maximum Gasteiger partial charge on any atom is 0.239 e. The second-order valence-corrected chi connectivity index (χ2v) is 5.95. The molecule has 1 saturated heterocycles. The highest BCUT2D eigenvalue weighted by Gasteiger charge is 2.26. The Morgan fingerprint density at radius 2 is 2.28 bits per heavy atom. The molecule has 6 heteroatoms. The van der Waals surface area contributed by atoms with Crippen molar-refractivity contribution in [2.24, 2.45) is 0 Å². The van der Waals surface area contributed by atoms with Gasteiger partial charge in [-0.3, -0.25) is 14.5 Å². The molecule has 1 heterocycles. The summed E-state index contributed by atoms with van der Waals surface area (Å²) in [5.74, 6) is 0.0385. The quantitative estimate of drug-likeness (QED) is 0.683. The van der Waals surface area contributed by atoms with Crippen LogP contribution in [0, 0.1) is 0 Å². The van der Waals surface area contributed by atoms with Gasteiger partial charge in [0.2, 0.25) is 11.8 Å². The second kappa shape index (κ2) is 5.75. The summed E-state index contributed by atoms with van der Waals surface area (Å²) in [6.07, 6.45) is 1.25. The molecule has 1 aliphatic heterocycles. The number of nitrogen functional groups attached to an aromatic ring is 1. The minimum absolute atomic E-state index is 0.0668. The standard InChI is InChI=1S/C12H13BrN2O2S/c13-8-3-4-9(14)10(6-8)18-7-12(17)15-5-1-2-11(15)16/h3-4,6H,1-2,5,7,14H2. The van der Waals surface area contributed by atoms with Gasteiger partial charge >= 0.3 is 0 Å². The van der Waals surface area contributed by atoms with E-state index in [2.05, 4.69) is 15.9 Å². The summed E-state index contributed by atoms with van der Waals surface area (Å²) in [4.78, 5) is 25.5. The summed E-state index contributed by atoms with van der Waals surface area (Å²) in [6.45, 7) is 0.548. The van der Waals surface area contributed by atoms with Gasteiger partial charge in [0.05, 0.1) is 5.75 Å². The average molecular weight is 329 g/mol. The molecular formula is C12H13BrN2O2S. The average Bonchev–Trinajstić information content (AvgIpc) is 2.76. The maximum absolute atomic E-state index is 11.9. The van der Waals surface area contributed by atoms with E-state index < -0.39 is 0 Å². The zero-order valence-electron chi connectivity index (χ0n) is 9.69. The van der Waals surface area contributed by atoms with Crippen molar-refractivity contribution in [3.63, 3.8) is 0 Å². The van der Waals surface area contributed by atoms with Crippen molar-refractivity contribution in [3.8, 4) is 0 Å². The number of carbonyl (C=O) groups excluding carboxylic acids is 2. The van der Waals surface area contributed by atoms with E-state index in [1.54, 1.807) is 6.07 Å². The SMILES string of the molecule is Nc1ccc(Br)cc1SCC(=O)N1CCCC1=O. The van der Waals surface area contributed by atoms with Gasteiger partial charge in [0.25, 0.3) is 0 Å². The highest BCUT2D eigenvalue weighted by molar-refractivity contribution is 9.10. The van der Waals surface area contributed by atoms with E-state index in [1.165, 1.54) is 16.7 Å². The molecule has 18 heavy (non-hydrogen) atoms. The molecule has 0 aliphatic carbocycles. The normalized spacial score (nSPS) is 15.2. The van der Waals surface area contributed by atoms with Gasteiger partial charge in [-0.2, -0.15) is 0 Å². The van der Waals surface area contributed by atoms with Gasteiger partial charge in [0.15, 0.2) is 0 Å². The third-order valence-electron chi connectivity index (χ3n) is 2.70. The molecule has 0 unspecified atom stereocenters. The number of imide groups is 1. The molecule has 2 N–H and O–H groups in total. The number of halogens is 1. The molecule has 1 aromatic carbocycles. The molecule has 96 valence electrons. The first kappa shape index (κ1) is 13.4. The number of amides is 2. The molecule has 0 spiro atoms. The number of nitrogens with two attached hydrogens (primary N) is 1. The predicted molar refractivity (Wildman–Crippen MR) is 75.2 cm³/mol. The fourth-order valence-corrected chi connectivity index (χ4v) is 3.15. The smallest absolute Gasteiger partial charge is 0.239 e. The van der Waals surface area contributed by atoms with Gasteiger partial charge in [-0.05, 0) is 24.6 Å². The summed E-state index contributed by atoms with van der Waals surface area (Å²) in [5.41, 5.74) is 6.47. The Bertz CT molecular complexity index is 493. The highest BCUT2D eigenvalue weighted by Crippen LogP contribution is 2.28. The summed E-state index contributed by atoms with van der Waals surface area (Å²) in [6, 6.07) is 5.52. The zero-order valence-corrected chi connectivity index (χ0v) is 12.1. The van der Waals surface area contributed by atoms with Crippen LogP contribution in [0.2, 0.25) is 0 Å². The molecule has 0 saturated carbocycles. The monoisotopic (exact) mass is 328 g/mol. The molecule has 0 atom stereocenters. The fourth-order valence-electron chi connectivity index (χ4n) is 1.76. The Hall–Kier alpha value is -1.01. The van der Waals surface area contributed by atoms with E-state index in [0.717, 1.165) is 15.8 Å². The van der Waals surface area contributed by atoms with Crippen molar-refractivity contribution < 1.29 is 9.59 Å². The lowest BCUT2D eigenvalue weighted by molar-refractivity contribution is -0.140. The number of likely N-dealkylation sites (tertiary alicyclic amines) is 1. The number of carbonyl (C=O) groups is 2. The number of hydrogen-bond donors (Lipinski definition) is 1. The van der Waals surface area contributed by atoms with Crippen LogP contribution in [0.3, 0.4) is 0 Å². The van der Waals surface area contributed by atoms with E-state index >= 15 is 0 Å². The molecule has 1 aliphatic rings. The lowest BCUT2D eigenvalue weighted by atomic mass is 10.3. The van der Waals surface area contributed by atoms with Crippen molar-refractivity contribution in [1.82, 2.24) is 4.90 Å². The number of rotatable bonds is 3. The molecule has 2 rings (SSSR count). The Morgan fingerprint density at radius 3 is 2.94 bits per heavy atom. The zero-order chi connectivity index (χ0) is 13.1. The Balaban J connectivity index is 1.97. The first-order chi connectivity index (χ1) is 8.58. The van der Waals surface area contributed by atoms with E-state index in [0.29, 0.717) is 18.7 Å². The third kappa shape index (κ3) is 3.05. The van der Waals surface area contributed by atoms with Crippen LogP contribution in [0.25, 0.3) is 0 Å². The Kier molecular flexibility index (Phi) is 4.29. The van der Waals surface area contributed by atoms with Crippen molar-refractivity contribution in [1.29, 1.82) is 0 Å². The molecular weight excluding hydrogens is 316 g/mol.